The average molecular weight is 302 g/mol. The van der Waals surface area contributed by atoms with E-state index in [1.165, 1.54) is 5.56 Å². The van der Waals surface area contributed by atoms with Crippen LogP contribution in [0.4, 0.5) is 0 Å². The Morgan fingerprint density at radius 1 is 0.682 bits per heavy atom. The van der Waals surface area contributed by atoms with Crippen LogP contribution in [0.2, 0.25) is 0 Å². The Balaban J connectivity index is 2.66. The van der Waals surface area contributed by atoms with Gasteiger partial charge in [-0.2, -0.15) is 0 Å². The Morgan fingerprint density at radius 2 is 1.18 bits per heavy atom. The summed E-state index contributed by atoms with van der Waals surface area (Å²) in [5, 5.41) is 0. The lowest BCUT2D eigenvalue weighted by Crippen LogP contribution is -2.05. The number of rotatable bonds is 6. The van der Waals surface area contributed by atoms with Gasteiger partial charge in [0.15, 0.2) is 11.5 Å². The molecule has 0 aliphatic carbocycles. The maximum Gasteiger partial charge on any atom is 0.207 e. The minimum Gasteiger partial charge on any atom is -0.492 e. The molecular formula is C18H22O4. The molecule has 118 valence electrons. The van der Waals surface area contributed by atoms with Crippen molar-refractivity contribution < 1.29 is 18.9 Å². The van der Waals surface area contributed by atoms with Crippen LogP contribution in [0.1, 0.15) is 16.7 Å². The van der Waals surface area contributed by atoms with Gasteiger partial charge in [0, 0.05) is 17.5 Å². The van der Waals surface area contributed by atoms with Gasteiger partial charge in [-0.05, 0) is 12.5 Å². The lowest BCUT2D eigenvalue weighted by Gasteiger charge is -2.21. The molecule has 4 heteroatoms. The predicted molar refractivity (Wildman–Crippen MR) is 86.6 cm³/mol. The molecule has 0 amide bonds. The van der Waals surface area contributed by atoms with Crippen LogP contribution in [0.3, 0.4) is 0 Å². The SMILES string of the molecule is COc1c(C)c(Cc2ccccc2)c(OC)c(OC)c1OC. The largest absolute Gasteiger partial charge is 0.492 e. The van der Waals surface area contributed by atoms with E-state index in [4.69, 9.17) is 18.9 Å². The van der Waals surface area contributed by atoms with Gasteiger partial charge in [0.1, 0.15) is 0 Å². The molecule has 0 saturated heterocycles. The van der Waals surface area contributed by atoms with Crippen LogP contribution >= 0.6 is 0 Å². The highest BCUT2D eigenvalue weighted by Gasteiger charge is 2.25. The van der Waals surface area contributed by atoms with Crippen molar-refractivity contribution >= 4 is 0 Å². The van der Waals surface area contributed by atoms with Crippen LogP contribution in [-0.4, -0.2) is 28.4 Å². The number of hydrogen-bond donors (Lipinski definition) is 0. The molecule has 2 aromatic rings. The second-order valence-electron chi connectivity index (χ2n) is 4.90. The zero-order chi connectivity index (χ0) is 16.1. The Hall–Kier alpha value is -2.36. The third kappa shape index (κ3) is 2.82. The second kappa shape index (κ2) is 7.07. The summed E-state index contributed by atoms with van der Waals surface area (Å²) in [6, 6.07) is 10.2. The molecular weight excluding hydrogens is 280 g/mol. The number of benzene rings is 2. The van der Waals surface area contributed by atoms with Crippen molar-refractivity contribution in [1.82, 2.24) is 0 Å². The fourth-order valence-corrected chi connectivity index (χ4v) is 2.67. The molecule has 2 aromatic carbocycles. The summed E-state index contributed by atoms with van der Waals surface area (Å²) in [5.41, 5.74) is 3.21. The highest BCUT2D eigenvalue weighted by Crippen LogP contribution is 2.49. The zero-order valence-corrected chi connectivity index (χ0v) is 13.7. The van der Waals surface area contributed by atoms with Crippen molar-refractivity contribution in [2.24, 2.45) is 0 Å². The number of ether oxygens (including phenoxy) is 4. The third-order valence-electron chi connectivity index (χ3n) is 3.73. The molecule has 0 bridgehead atoms. The molecule has 22 heavy (non-hydrogen) atoms. The van der Waals surface area contributed by atoms with E-state index in [1.54, 1.807) is 28.4 Å². The minimum atomic E-state index is 0.552. The van der Waals surface area contributed by atoms with Crippen LogP contribution in [0.5, 0.6) is 23.0 Å². The van der Waals surface area contributed by atoms with E-state index in [1.807, 2.05) is 25.1 Å². The van der Waals surface area contributed by atoms with Gasteiger partial charge in [-0.25, -0.2) is 0 Å². The molecule has 0 saturated carbocycles. The Labute approximate surface area is 131 Å². The Bertz CT molecular complexity index is 636. The van der Waals surface area contributed by atoms with Crippen molar-refractivity contribution in [1.29, 1.82) is 0 Å². The molecule has 0 N–H and O–H groups in total. The van der Waals surface area contributed by atoms with E-state index in [0.29, 0.717) is 23.0 Å². The molecule has 4 nitrogen and oxygen atoms in total. The highest BCUT2D eigenvalue weighted by atomic mass is 16.5. The quantitative estimate of drug-likeness (QED) is 0.816. The van der Waals surface area contributed by atoms with Gasteiger partial charge in [0.25, 0.3) is 0 Å². The molecule has 0 fully saturated rings. The van der Waals surface area contributed by atoms with Crippen molar-refractivity contribution in [3.8, 4) is 23.0 Å². The van der Waals surface area contributed by atoms with Gasteiger partial charge in [-0.1, -0.05) is 30.3 Å². The molecule has 0 unspecified atom stereocenters. The van der Waals surface area contributed by atoms with E-state index >= 15 is 0 Å². The summed E-state index contributed by atoms with van der Waals surface area (Å²) >= 11 is 0. The van der Waals surface area contributed by atoms with Crippen LogP contribution < -0.4 is 18.9 Å². The topological polar surface area (TPSA) is 36.9 Å². The Morgan fingerprint density at radius 3 is 1.68 bits per heavy atom. The first-order chi connectivity index (χ1) is 10.7. The molecule has 0 aliphatic heterocycles. The van der Waals surface area contributed by atoms with E-state index in [-0.39, 0.29) is 0 Å². The van der Waals surface area contributed by atoms with Crippen molar-refractivity contribution in [2.75, 3.05) is 28.4 Å². The summed E-state index contributed by atoms with van der Waals surface area (Å²) in [4.78, 5) is 0. The van der Waals surface area contributed by atoms with Gasteiger partial charge in [-0.3, -0.25) is 0 Å². The van der Waals surface area contributed by atoms with Gasteiger partial charge >= 0.3 is 0 Å². The molecule has 0 aliphatic rings. The fraction of sp³-hybridized carbons (Fsp3) is 0.333. The summed E-state index contributed by atoms with van der Waals surface area (Å²) in [6.45, 7) is 2.00. The number of methoxy groups -OCH3 is 4. The summed E-state index contributed by atoms with van der Waals surface area (Å²) in [7, 11) is 6.46. The van der Waals surface area contributed by atoms with E-state index in [9.17, 15) is 0 Å². The molecule has 2 rings (SSSR count). The molecule has 0 atom stereocenters. The highest BCUT2D eigenvalue weighted by molar-refractivity contribution is 5.67. The smallest absolute Gasteiger partial charge is 0.207 e. The summed E-state index contributed by atoms with van der Waals surface area (Å²) in [5.74, 6) is 2.46. The predicted octanol–water partition coefficient (Wildman–Crippen LogP) is 3.62. The summed E-state index contributed by atoms with van der Waals surface area (Å²) < 4.78 is 22.1. The lowest BCUT2D eigenvalue weighted by atomic mass is 9.97. The first-order valence-electron chi connectivity index (χ1n) is 7.07. The number of hydrogen-bond acceptors (Lipinski definition) is 4. The Kier molecular flexibility index (Phi) is 5.15. The van der Waals surface area contributed by atoms with Gasteiger partial charge in [-0.15, -0.1) is 0 Å². The molecule has 0 heterocycles. The third-order valence-corrected chi connectivity index (χ3v) is 3.73. The summed E-state index contributed by atoms with van der Waals surface area (Å²) in [6.07, 6.45) is 0.729. The van der Waals surface area contributed by atoms with Gasteiger partial charge in [0.05, 0.1) is 28.4 Å². The maximum atomic E-state index is 5.60. The lowest BCUT2D eigenvalue weighted by molar-refractivity contribution is 0.302. The van der Waals surface area contributed by atoms with Crippen molar-refractivity contribution in [3.05, 3.63) is 47.0 Å². The minimum absolute atomic E-state index is 0.552. The van der Waals surface area contributed by atoms with Crippen LogP contribution in [0.25, 0.3) is 0 Å². The van der Waals surface area contributed by atoms with E-state index < -0.39 is 0 Å². The fourth-order valence-electron chi connectivity index (χ4n) is 2.67. The van der Waals surface area contributed by atoms with E-state index in [2.05, 4.69) is 12.1 Å². The van der Waals surface area contributed by atoms with Gasteiger partial charge in [0.2, 0.25) is 11.5 Å². The normalized spacial score (nSPS) is 10.2. The molecule has 0 radical (unpaired) electrons. The zero-order valence-electron chi connectivity index (χ0n) is 13.7. The van der Waals surface area contributed by atoms with Crippen LogP contribution in [0, 0.1) is 6.92 Å². The first kappa shape index (κ1) is 16.0. The maximum absolute atomic E-state index is 5.60. The molecule has 0 aromatic heterocycles. The average Bonchev–Trinajstić information content (AvgIpc) is 2.56. The van der Waals surface area contributed by atoms with E-state index in [0.717, 1.165) is 17.5 Å². The monoisotopic (exact) mass is 302 g/mol. The standard InChI is InChI=1S/C18H22O4/c1-12-14(11-13-9-7-6-8-10-13)16(20-3)18(22-5)17(21-4)15(12)19-2/h6-10H,11H2,1-5H3. The second-order valence-corrected chi connectivity index (χ2v) is 4.90. The van der Waals surface area contributed by atoms with Crippen LogP contribution in [0.15, 0.2) is 30.3 Å². The van der Waals surface area contributed by atoms with Gasteiger partial charge < -0.3 is 18.9 Å². The first-order valence-corrected chi connectivity index (χ1v) is 7.07. The van der Waals surface area contributed by atoms with Crippen LogP contribution in [-0.2, 0) is 6.42 Å². The molecule has 0 spiro atoms. The van der Waals surface area contributed by atoms with Crippen molar-refractivity contribution in [3.63, 3.8) is 0 Å². The van der Waals surface area contributed by atoms with Crippen molar-refractivity contribution in [2.45, 2.75) is 13.3 Å².